The zero-order valence-electron chi connectivity index (χ0n) is 25.1. The molecule has 0 aromatic heterocycles. The predicted octanol–water partition coefficient (Wildman–Crippen LogP) is 2.99. The number of hydrogen-bond donors (Lipinski definition) is 0. The summed E-state index contributed by atoms with van der Waals surface area (Å²) < 4.78 is 38.5. The van der Waals surface area contributed by atoms with Gasteiger partial charge in [0.1, 0.15) is 12.4 Å². The van der Waals surface area contributed by atoms with Gasteiger partial charge in [-0.3, -0.25) is 4.79 Å². The van der Waals surface area contributed by atoms with Gasteiger partial charge in [-0.05, 0) is 102 Å². The molecule has 39 heavy (non-hydrogen) atoms. The van der Waals surface area contributed by atoms with E-state index in [0.29, 0.717) is 28.8 Å². The average Bonchev–Trinajstić information content (AvgIpc) is 2.90. The lowest BCUT2D eigenvalue weighted by Gasteiger charge is -2.40. The lowest BCUT2D eigenvalue weighted by Crippen LogP contribution is -2.47. The predicted molar refractivity (Wildman–Crippen MR) is 155 cm³/mol. The first-order chi connectivity index (χ1) is 18.4. The van der Waals surface area contributed by atoms with Gasteiger partial charge in [-0.1, -0.05) is 0 Å². The van der Waals surface area contributed by atoms with Crippen LogP contribution in [0.5, 0.6) is 5.75 Å². The van der Waals surface area contributed by atoms with Crippen molar-refractivity contribution in [2.75, 3.05) is 74.7 Å². The highest BCUT2D eigenvalue weighted by atomic mass is 32.2. The number of amides is 1. The van der Waals surface area contributed by atoms with Crippen LogP contribution in [0.4, 0.5) is 0 Å². The number of nitrogens with zero attached hydrogens (tertiary/aromatic N) is 4. The number of piperidine rings is 1. The number of sulfonamides is 1. The van der Waals surface area contributed by atoms with Gasteiger partial charge in [0, 0.05) is 45.8 Å². The van der Waals surface area contributed by atoms with Gasteiger partial charge in [-0.25, -0.2) is 8.42 Å². The van der Waals surface area contributed by atoms with Crippen molar-refractivity contribution < 1.29 is 22.7 Å². The molecular formula is C29H50N4O5S. The fourth-order valence-electron chi connectivity index (χ4n) is 6.07. The van der Waals surface area contributed by atoms with Crippen LogP contribution in [0.15, 0.2) is 17.0 Å². The monoisotopic (exact) mass is 566 g/mol. The van der Waals surface area contributed by atoms with Gasteiger partial charge < -0.3 is 24.2 Å². The fourth-order valence-corrected chi connectivity index (χ4v) is 7.63. The second kappa shape index (κ2) is 14.3. The molecule has 1 saturated heterocycles. The zero-order valence-corrected chi connectivity index (χ0v) is 25.9. The van der Waals surface area contributed by atoms with Gasteiger partial charge in [-0.15, -0.1) is 0 Å². The molecule has 1 atom stereocenters. The molecule has 1 aliphatic heterocycles. The largest absolute Gasteiger partial charge is 0.497 e. The molecule has 1 saturated carbocycles. The van der Waals surface area contributed by atoms with Crippen LogP contribution < -0.4 is 4.74 Å². The minimum atomic E-state index is -3.69. The lowest BCUT2D eigenvalue weighted by molar-refractivity contribution is -0.137. The van der Waals surface area contributed by atoms with E-state index in [9.17, 15) is 13.2 Å². The summed E-state index contributed by atoms with van der Waals surface area (Å²) >= 11 is 0. The van der Waals surface area contributed by atoms with Gasteiger partial charge in [0.15, 0.2) is 0 Å². The molecule has 3 rings (SSSR count). The molecule has 2 aliphatic rings. The van der Waals surface area contributed by atoms with Crippen LogP contribution in [0.1, 0.15) is 49.7 Å². The Bertz CT molecular complexity index is 1030. The van der Waals surface area contributed by atoms with Crippen LogP contribution in [-0.4, -0.2) is 120 Å². The van der Waals surface area contributed by atoms with Crippen LogP contribution in [-0.2, 0) is 19.6 Å². The van der Waals surface area contributed by atoms with Crippen molar-refractivity contribution in [2.45, 2.75) is 69.4 Å². The molecule has 2 fully saturated rings. The molecule has 10 heteroatoms. The standard InChI is InChI=1S/C29H50N4O5S/c1-22-17-27(37-7)18-23(2)29(22)39(35,36)31(5)15-16-38-21-28(34)32(6)25-12-10-24(11-13-25)19-33-14-8-9-26(20-33)30(3)4/h17-18,24-26H,8-16,19-21H2,1-7H3/t24?,25?,26-/m0/s1. The van der Waals surface area contributed by atoms with E-state index in [1.165, 1.54) is 36.8 Å². The molecule has 1 aliphatic carbocycles. The quantitative estimate of drug-likeness (QED) is 0.360. The molecule has 1 heterocycles. The molecule has 0 radical (unpaired) electrons. The summed E-state index contributed by atoms with van der Waals surface area (Å²) in [6, 6.07) is 4.35. The smallest absolute Gasteiger partial charge is 0.248 e. The Morgan fingerprint density at radius 2 is 1.64 bits per heavy atom. The first-order valence-corrected chi connectivity index (χ1v) is 15.7. The average molecular weight is 567 g/mol. The second-order valence-corrected chi connectivity index (χ2v) is 13.6. The van der Waals surface area contributed by atoms with Crippen LogP contribution in [0.3, 0.4) is 0 Å². The van der Waals surface area contributed by atoms with Crippen LogP contribution in [0.2, 0.25) is 0 Å². The minimum absolute atomic E-state index is 0.0371. The third-order valence-electron chi connectivity index (χ3n) is 8.60. The van der Waals surface area contributed by atoms with Gasteiger partial charge in [0.2, 0.25) is 15.9 Å². The Hall–Kier alpha value is -1.72. The van der Waals surface area contributed by atoms with Crippen molar-refractivity contribution in [3.8, 4) is 5.75 Å². The van der Waals surface area contributed by atoms with Crippen molar-refractivity contribution in [1.29, 1.82) is 0 Å². The van der Waals surface area contributed by atoms with E-state index in [4.69, 9.17) is 9.47 Å². The molecule has 1 aromatic carbocycles. The number of hydrogen-bond acceptors (Lipinski definition) is 7. The molecule has 0 bridgehead atoms. The molecule has 0 N–H and O–H groups in total. The number of aryl methyl sites for hydroxylation is 2. The minimum Gasteiger partial charge on any atom is -0.497 e. The first-order valence-electron chi connectivity index (χ1n) is 14.3. The zero-order chi connectivity index (χ0) is 28.7. The van der Waals surface area contributed by atoms with Gasteiger partial charge in [0.25, 0.3) is 0 Å². The molecular weight excluding hydrogens is 516 g/mol. The summed E-state index contributed by atoms with van der Waals surface area (Å²) in [5, 5.41) is 0. The van der Waals surface area contributed by atoms with Gasteiger partial charge >= 0.3 is 0 Å². The van der Waals surface area contributed by atoms with Crippen LogP contribution in [0, 0.1) is 19.8 Å². The number of ether oxygens (including phenoxy) is 2. The second-order valence-electron chi connectivity index (χ2n) is 11.7. The molecule has 1 aromatic rings. The first kappa shape index (κ1) is 31.8. The maximum absolute atomic E-state index is 13.2. The molecule has 222 valence electrons. The highest BCUT2D eigenvalue weighted by Crippen LogP contribution is 2.29. The number of rotatable bonds is 12. The summed E-state index contributed by atoms with van der Waals surface area (Å²) in [6.07, 6.45) is 6.92. The molecule has 0 unspecified atom stereocenters. The van der Waals surface area contributed by atoms with Gasteiger partial charge in [-0.2, -0.15) is 4.31 Å². The summed E-state index contributed by atoms with van der Waals surface area (Å²) in [6.45, 7) is 7.36. The fraction of sp³-hybridized carbons (Fsp3) is 0.759. The Balaban J connectivity index is 1.39. The SMILES string of the molecule is COc1cc(C)c(S(=O)(=O)N(C)CCOCC(=O)N(C)C2CCC(CN3CCC[C@H](N(C)C)C3)CC2)c(C)c1. The van der Waals surface area contributed by atoms with E-state index in [-0.39, 0.29) is 36.6 Å². The van der Waals surface area contributed by atoms with E-state index >= 15 is 0 Å². The van der Waals surface area contributed by atoms with E-state index in [1.807, 2.05) is 11.9 Å². The molecule has 0 spiro atoms. The Morgan fingerprint density at radius 3 is 2.23 bits per heavy atom. The summed E-state index contributed by atoms with van der Waals surface area (Å²) in [5.41, 5.74) is 1.28. The lowest BCUT2D eigenvalue weighted by atomic mass is 9.84. The van der Waals surface area contributed by atoms with E-state index in [2.05, 4.69) is 23.9 Å². The Labute approximate surface area is 236 Å². The van der Waals surface area contributed by atoms with E-state index in [1.54, 1.807) is 40.1 Å². The highest BCUT2D eigenvalue weighted by molar-refractivity contribution is 7.89. The van der Waals surface area contributed by atoms with Crippen LogP contribution in [0.25, 0.3) is 0 Å². The normalized spacial score (nSPS) is 22.8. The van der Waals surface area contributed by atoms with Crippen molar-refractivity contribution in [3.63, 3.8) is 0 Å². The Kier molecular flexibility index (Phi) is 11.6. The third kappa shape index (κ3) is 8.39. The van der Waals surface area contributed by atoms with Crippen molar-refractivity contribution >= 4 is 15.9 Å². The Morgan fingerprint density at radius 1 is 1.00 bits per heavy atom. The summed E-state index contributed by atoms with van der Waals surface area (Å²) in [5.74, 6) is 1.29. The van der Waals surface area contributed by atoms with Crippen molar-refractivity contribution in [2.24, 2.45) is 5.92 Å². The highest BCUT2D eigenvalue weighted by Gasteiger charge is 2.30. The number of likely N-dealkylation sites (tertiary alicyclic amines) is 1. The topological polar surface area (TPSA) is 82.6 Å². The van der Waals surface area contributed by atoms with E-state index < -0.39 is 10.0 Å². The number of carbonyl (C=O) groups excluding carboxylic acids is 1. The van der Waals surface area contributed by atoms with E-state index in [0.717, 1.165) is 25.7 Å². The maximum atomic E-state index is 13.2. The number of benzene rings is 1. The van der Waals surface area contributed by atoms with Crippen molar-refractivity contribution in [1.82, 2.24) is 19.0 Å². The number of likely N-dealkylation sites (N-methyl/N-ethyl adjacent to an activating group) is 3. The van der Waals surface area contributed by atoms with Gasteiger partial charge in [0.05, 0.1) is 18.6 Å². The summed E-state index contributed by atoms with van der Waals surface area (Å²) in [4.78, 5) is 19.9. The summed E-state index contributed by atoms with van der Waals surface area (Å²) in [7, 11) is 5.65. The molecule has 1 amide bonds. The number of methoxy groups -OCH3 is 1. The third-order valence-corrected chi connectivity index (χ3v) is 10.8. The van der Waals surface area contributed by atoms with Crippen LogP contribution >= 0.6 is 0 Å². The van der Waals surface area contributed by atoms with Crippen molar-refractivity contribution in [3.05, 3.63) is 23.3 Å². The molecule has 9 nitrogen and oxygen atoms in total. The maximum Gasteiger partial charge on any atom is 0.248 e. The number of carbonyl (C=O) groups is 1.